The maximum absolute atomic E-state index is 9.17. The Balaban J connectivity index is 1.88. The number of furan rings is 1. The van der Waals surface area contributed by atoms with Crippen LogP contribution < -0.4 is 0 Å². The Morgan fingerprint density at radius 2 is 2.31 bits per heavy atom. The van der Waals surface area contributed by atoms with E-state index in [-0.39, 0.29) is 6.61 Å². The molecule has 0 bridgehead atoms. The highest BCUT2D eigenvalue weighted by Gasteiger charge is 2.21. The second-order valence-electron chi connectivity index (χ2n) is 4.52. The summed E-state index contributed by atoms with van der Waals surface area (Å²) in [6, 6.07) is 3.88. The van der Waals surface area contributed by atoms with Gasteiger partial charge in [0.2, 0.25) is 0 Å². The van der Waals surface area contributed by atoms with Crippen molar-refractivity contribution in [3.05, 3.63) is 29.8 Å². The third-order valence-corrected chi connectivity index (χ3v) is 3.22. The third-order valence-electron chi connectivity index (χ3n) is 3.22. The lowest BCUT2D eigenvalue weighted by Crippen LogP contribution is -1.87. The van der Waals surface area contributed by atoms with Crippen molar-refractivity contribution in [1.82, 2.24) is 4.98 Å². The van der Waals surface area contributed by atoms with Crippen molar-refractivity contribution in [2.45, 2.75) is 32.3 Å². The molecule has 1 aliphatic carbocycles. The smallest absolute Gasteiger partial charge is 0.137 e. The van der Waals surface area contributed by atoms with Gasteiger partial charge in [0.05, 0.1) is 12.3 Å². The Hall–Kier alpha value is -1.35. The fraction of sp³-hybridized carbons (Fsp3) is 0.462. The van der Waals surface area contributed by atoms with Gasteiger partial charge < -0.3 is 9.52 Å². The summed E-state index contributed by atoms with van der Waals surface area (Å²) < 4.78 is 5.74. The molecule has 3 nitrogen and oxygen atoms in total. The minimum absolute atomic E-state index is 0.0288. The summed E-state index contributed by atoms with van der Waals surface area (Å²) in [7, 11) is 0. The highest BCUT2D eigenvalue weighted by atomic mass is 16.3. The van der Waals surface area contributed by atoms with E-state index < -0.39 is 0 Å². The van der Waals surface area contributed by atoms with Gasteiger partial charge in [0, 0.05) is 18.0 Å². The van der Waals surface area contributed by atoms with Crippen molar-refractivity contribution in [2.75, 3.05) is 0 Å². The molecule has 84 valence electrons. The first-order chi connectivity index (χ1) is 7.86. The summed E-state index contributed by atoms with van der Waals surface area (Å²) in [6.45, 7) is -0.0288. The van der Waals surface area contributed by atoms with Crippen molar-refractivity contribution < 1.29 is 9.52 Å². The molecule has 16 heavy (non-hydrogen) atoms. The lowest BCUT2D eigenvalue weighted by atomic mass is 10.1. The van der Waals surface area contributed by atoms with Gasteiger partial charge in [-0.25, -0.2) is 0 Å². The monoisotopic (exact) mass is 217 g/mol. The Kier molecular flexibility index (Phi) is 2.40. The second-order valence-corrected chi connectivity index (χ2v) is 4.52. The summed E-state index contributed by atoms with van der Waals surface area (Å²) in [5.74, 6) is 1.94. The average molecular weight is 217 g/mol. The molecule has 1 N–H and O–H groups in total. The maximum Gasteiger partial charge on any atom is 0.137 e. The molecule has 0 radical (unpaired) electrons. The molecule has 2 aromatic heterocycles. The molecule has 0 atom stereocenters. The van der Waals surface area contributed by atoms with Crippen LogP contribution in [0.1, 0.15) is 30.7 Å². The number of aryl methyl sites for hydroxylation is 1. The Bertz CT molecular complexity index is 500. The number of aliphatic hydroxyl groups excluding tert-OH is 1. The molecular formula is C13H15NO2. The van der Waals surface area contributed by atoms with Crippen LogP contribution in [0.4, 0.5) is 0 Å². The van der Waals surface area contributed by atoms with Crippen LogP contribution in [0, 0.1) is 5.92 Å². The lowest BCUT2D eigenvalue weighted by Gasteiger charge is -1.94. The molecule has 0 saturated heterocycles. The van der Waals surface area contributed by atoms with E-state index in [1.807, 2.05) is 12.1 Å². The Morgan fingerprint density at radius 1 is 1.44 bits per heavy atom. The number of nitrogens with zero attached hydrogens (tertiary/aromatic N) is 1. The highest BCUT2D eigenvalue weighted by Crippen LogP contribution is 2.34. The van der Waals surface area contributed by atoms with Crippen LogP contribution >= 0.6 is 0 Å². The summed E-state index contributed by atoms with van der Waals surface area (Å²) in [5, 5.41) is 10.1. The molecule has 1 fully saturated rings. The van der Waals surface area contributed by atoms with Crippen LogP contribution in [0.15, 0.2) is 22.7 Å². The van der Waals surface area contributed by atoms with Crippen LogP contribution in [-0.4, -0.2) is 10.1 Å². The van der Waals surface area contributed by atoms with Gasteiger partial charge in [-0.05, 0) is 24.5 Å². The number of aromatic nitrogens is 1. The molecular weight excluding hydrogens is 202 g/mol. The summed E-state index contributed by atoms with van der Waals surface area (Å²) in [6.07, 6.45) is 6.67. The van der Waals surface area contributed by atoms with Gasteiger partial charge >= 0.3 is 0 Å². The van der Waals surface area contributed by atoms with Crippen LogP contribution in [0.2, 0.25) is 0 Å². The summed E-state index contributed by atoms with van der Waals surface area (Å²) in [4.78, 5) is 4.14. The van der Waals surface area contributed by atoms with E-state index in [1.165, 1.54) is 19.3 Å². The normalized spacial score (nSPS) is 15.8. The van der Waals surface area contributed by atoms with E-state index in [1.54, 1.807) is 6.20 Å². The van der Waals surface area contributed by atoms with Gasteiger partial charge in [0.1, 0.15) is 11.3 Å². The molecule has 3 rings (SSSR count). The van der Waals surface area contributed by atoms with Crippen molar-refractivity contribution in [3.63, 3.8) is 0 Å². The molecule has 0 aromatic carbocycles. The Labute approximate surface area is 94.1 Å². The summed E-state index contributed by atoms with van der Waals surface area (Å²) in [5.41, 5.74) is 1.55. The van der Waals surface area contributed by atoms with Gasteiger partial charge in [0.25, 0.3) is 0 Å². The molecule has 1 saturated carbocycles. The number of hydrogen-bond acceptors (Lipinski definition) is 3. The van der Waals surface area contributed by atoms with E-state index in [2.05, 4.69) is 4.98 Å². The highest BCUT2D eigenvalue weighted by molar-refractivity contribution is 5.80. The summed E-state index contributed by atoms with van der Waals surface area (Å²) >= 11 is 0. The first-order valence-corrected chi connectivity index (χ1v) is 5.84. The number of fused-ring (bicyclic) bond motifs is 1. The van der Waals surface area contributed by atoms with Crippen LogP contribution in [0.25, 0.3) is 11.0 Å². The molecule has 3 heteroatoms. The van der Waals surface area contributed by atoms with Crippen LogP contribution in [0.3, 0.4) is 0 Å². The SMILES string of the molecule is OCc1nccc2oc(CCC3CC3)cc12. The standard InChI is InChI=1S/C13H15NO2/c15-8-12-11-7-10(4-3-9-1-2-9)16-13(11)5-6-14-12/h5-7,9,15H,1-4,8H2. The second kappa shape index (κ2) is 3.91. The molecule has 0 unspecified atom stereocenters. The van der Waals surface area contributed by atoms with Gasteiger partial charge in [-0.15, -0.1) is 0 Å². The third kappa shape index (κ3) is 1.83. The molecule has 2 aromatic rings. The number of aliphatic hydroxyl groups is 1. The average Bonchev–Trinajstić information content (AvgIpc) is 3.04. The van der Waals surface area contributed by atoms with Gasteiger partial charge in [0.15, 0.2) is 0 Å². The topological polar surface area (TPSA) is 46.3 Å². The number of rotatable bonds is 4. The predicted octanol–water partition coefficient (Wildman–Crippen LogP) is 2.66. The fourth-order valence-corrected chi connectivity index (χ4v) is 2.07. The van der Waals surface area contributed by atoms with E-state index in [0.29, 0.717) is 5.69 Å². The van der Waals surface area contributed by atoms with Crippen molar-refractivity contribution in [3.8, 4) is 0 Å². The predicted molar refractivity (Wildman–Crippen MR) is 61.0 cm³/mol. The lowest BCUT2D eigenvalue weighted by molar-refractivity contribution is 0.278. The molecule has 0 amide bonds. The zero-order valence-electron chi connectivity index (χ0n) is 9.15. The van der Waals surface area contributed by atoms with Crippen molar-refractivity contribution in [2.24, 2.45) is 5.92 Å². The first-order valence-electron chi connectivity index (χ1n) is 5.84. The van der Waals surface area contributed by atoms with Crippen LogP contribution in [-0.2, 0) is 13.0 Å². The molecule has 0 spiro atoms. The van der Waals surface area contributed by atoms with E-state index >= 15 is 0 Å². The molecule has 2 heterocycles. The zero-order chi connectivity index (χ0) is 11.0. The molecule has 0 aliphatic heterocycles. The number of pyridine rings is 1. The largest absolute Gasteiger partial charge is 0.461 e. The molecule has 1 aliphatic rings. The quantitative estimate of drug-likeness (QED) is 0.856. The first kappa shape index (κ1) is 9.85. The Morgan fingerprint density at radius 3 is 3.06 bits per heavy atom. The fourth-order valence-electron chi connectivity index (χ4n) is 2.07. The van der Waals surface area contributed by atoms with Crippen molar-refractivity contribution in [1.29, 1.82) is 0 Å². The minimum atomic E-state index is -0.0288. The van der Waals surface area contributed by atoms with E-state index in [4.69, 9.17) is 9.52 Å². The minimum Gasteiger partial charge on any atom is -0.461 e. The van der Waals surface area contributed by atoms with Crippen LogP contribution in [0.5, 0.6) is 0 Å². The zero-order valence-corrected chi connectivity index (χ0v) is 9.15. The number of hydrogen-bond donors (Lipinski definition) is 1. The van der Waals surface area contributed by atoms with E-state index in [9.17, 15) is 0 Å². The van der Waals surface area contributed by atoms with E-state index in [0.717, 1.165) is 29.1 Å². The van der Waals surface area contributed by atoms with Gasteiger partial charge in [-0.3, -0.25) is 4.98 Å². The van der Waals surface area contributed by atoms with Gasteiger partial charge in [-0.1, -0.05) is 12.8 Å². The maximum atomic E-state index is 9.17. The van der Waals surface area contributed by atoms with Gasteiger partial charge in [-0.2, -0.15) is 0 Å². The van der Waals surface area contributed by atoms with Crippen molar-refractivity contribution >= 4 is 11.0 Å².